The van der Waals surface area contributed by atoms with Crippen molar-refractivity contribution < 1.29 is 8.83 Å². The van der Waals surface area contributed by atoms with Crippen molar-refractivity contribution in [2.45, 2.75) is 0 Å². The van der Waals surface area contributed by atoms with E-state index < -0.39 is 0 Å². The molecule has 10 aromatic carbocycles. The fourth-order valence-electron chi connectivity index (χ4n) is 9.79. The maximum Gasteiger partial charge on any atom is 0.143 e. The van der Waals surface area contributed by atoms with Crippen LogP contribution in [-0.4, -0.2) is 4.57 Å². The van der Waals surface area contributed by atoms with Gasteiger partial charge in [0.15, 0.2) is 0 Å². The van der Waals surface area contributed by atoms with E-state index in [2.05, 4.69) is 222 Å². The molecule has 0 amide bonds. The van der Waals surface area contributed by atoms with Crippen LogP contribution in [0.4, 0.5) is 17.1 Å². The van der Waals surface area contributed by atoms with Gasteiger partial charge in [-0.05, 0) is 101 Å². The van der Waals surface area contributed by atoms with E-state index in [9.17, 15) is 0 Å². The normalized spacial score (nSPS) is 11.8. The molecule has 0 bridgehead atoms. The van der Waals surface area contributed by atoms with Crippen LogP contribution in [-0.2, 0) is 0 Å². The molecule has 13 rings (SSSR count). The Balaban J connectivity index is 0.900. The Kier molecular flexibility index (Phi) is 8.18. The van der Waals surface area contributed by atoms with E-state index in [-0.39, 0.29) is 0 Å². The SMILES string of the molecule is c1ccc(-c2cccc3c2oc2ccc(-c4ccc(N(c5ccc(-c6cccc7c6oc6ccccc67)cc5)c5ccc(-n6c7ccccc7c7ccccc76)cc5)cc4)cc23)cc1. The number of hydrogen-bond donors (Lipinski definition) is 0. The summed E-state index contributed by atoms with van der Waals surface area (Å²) < 4.78 is 15.3. The lowest BCUT2D eigenvalue weighted by molar-refractivity contribution is 0.669. The zero-order chi connectivity index (χ0) is 42.1. The summed E-state index contributed by atoms with van der Waals surface area (Å²) in [6, 6.07) is 82.1. The first-order chi connectivity index (χ1) is 31.7. The maximum absolute atomic E-state index is 6.51. The van der Waals surface area contributed by atoms with Crippen LogP contribution in [0.25, 0.3) is 105 Å². The third-order valence-electron chi connectivity index (χ3n) is 12.8. The van der Waals surface area contributed by atoms with E-state index in [1.54, 1.807) is 0 Å². The predicted octanol–water partition coefficient (Wildman–Crippen LogP) is 17.1. The van der Waals surface area contributed by atoms with Crippen LogP contribution >= 0.6 is 0 Å². The lowest BCUT2D eigenvalue weighted by Gasteiger charge is -2.26. The number of hydrogen-bond acceptors (Lipinski definition) is 3. The fraction of sp³-hybridized carbons (Fsp3) is 0. The van der Waals surface area contributed by atoms with Crippen molar-refractivity contribution in [2.24, 2.45) is 0 Å². The summed E-state index contributed by atoms with van der Waals surface area (Å²) in [5.41, 5.74) is 17.0. The first-order valence-electron chi connectivity index (χ1n) is 21.7. The molecule has 0 atom stereocenters. The van der Waals surface area contributed by atoms with Gasteiger partial charge in [0.1, 0.15) is 22.3 Å². The van der Waals surface area contributed by atoms with Crippen molar-refractivity contribution in [1.29, 1.82) is 0 Å². The molecule has 0 aliphatic heterocycles. The Labute approximate surface area is 369 Å². The lowest BCUT2D eigenvalue weighted by Crippen LogP contribution is -2.10. The molecule has 0 saturated heterocycles. The molecule has 13 aromatic rings. The van der Waals surface area contributed by atoms with Crippen LogP contribution in [0.5, 0.6) is 0 Å². The second kappa shape index (κ2) is 14.5. The Morgan fingerprint density at radius 2 is 0.750 bits per heavy atom. The van der Waals surface area contributed by atoms with E-state index in [1.165, 1.54) is 21.8 Å². The van der Waals surface area contributed by atoms with Crippen molar-refractivity contribution in [3.05, 3.63) is 231 Å². The average Bonchev–Trinajstić information content (AvgIpc) is 4.05. The largest absolute Gasteiger partial charge is 0.455 e. The monoisotopic (exact) mass is 818 g/mol. The van der Waals surface area contributed by atoms with Crippen LogP contribution in [0.3, 0.4) is 0 Å². The molecular formula is C60H38N2O2. The molecule has 0 fully saturated rings. The highest BCUT2D eigenvalue weighted by Crippen LogP contribution is 2.42. The van der Waals surface area contributed by atoms with Gasteiger partial charge < -0.3 is 18.3 Å². The van der Waals surface area contributed by atoms with Crippen molar-refractivity contribution in [3.8, 4) is 39.1 Å². The molecule has 0 saturated carbocycles. The van der Waals surface area contributed by atoms with E-state index in [1.807, 2.05) is 18.2 Å². The highest BCUT2D eigenvalue weighted by Gasteiger charge is 2.18. The third kappa shape index (κ3) is 5.77. The van der Waals surface area contributed by atoms with Gasteiger partial charge >= 0.3 is 0 Å². The second-order valence-electron chi connectivity index (χ2n) is 16.5. The van der Waals surface area contributed by atoms with Crippen molar-refractivity contribution in [1.82, 2.24) is 4.57 Å². The van der Waals surface area contributed by atoms with Gasteiger partial charge in [0.25, 0.3) is 0 Å². The van der Waals surface area contributed by atoms with Crippen LogP contribution in [0.15, 0.2) is 239 Å². The van der Waals surface area contributed by atoms with Gasteiger partial charge in [-0.1, -0.05) is 152 Å². The Morgan fingerprint density at radius 3 is 1.38 bits per heavy atom. The van der Waals surface area contributed by atoms with E-state index in [0.29, 0.717) is 0 Å². The Hall–Kier alpha value is -8.60. The van der Waals surface area contributed by atoms with Gasteiger partial charge in [-0.3, -0.25) is 0 Å². The topological polar surface area (TPSA) is 34.5 Å². The minimum absolute atomic E-state index is 0.884. The van der Waals surface area contributed by atoms with Crippen LogP contribution in [0.1, 0.15) is 0 Å². The molecule has 300 valence electrons. The summed E-state index contributed by atoms with van der Waals surface area (Å²) in [6.07, 6.45) is 0. The summed E-state index contributed by atoms with van der Waals surface area (Å²) in [5, 5.41) is 6.98. The average molecular weight is 819 g/mol. The van der Waals surface area contributed by atoms with Gasteiger partial charge in [-0.15, -0.1) is 0 Å². The number of aromatic nitrogens is 1. The van der Waals surface area contributed by atoms with Gasteiger partial charge in [0, 0.05) is 66.2 Å². The van der Waals surface area contributed by atoms with Crippen molar-refractivity contribution in [2.75, 3.05) is 4.90 Å². The third-order valence-corrected chi connectivity index (χ3v) is 12.8. The quantitative estimate of drug-likeness (QED) is 0.161. The summed E-state index contributed by atoms with van der Waals surface area (Å²) in [5.74, 6) is 0. The molecule has 3 aromatic heterocycles. The number of para-hydroxylation sites is 5. The van der Waals surface area contributed by atoms with Crippen molar-refractivity contribution in [3.63, 3.8) is 0 Å². The Bertz CT molecular complexity index is 3820. The summed E-state index contributed by atoms with van der Waals surface area (Å²) >= 11 is 0. The molecule has 0 radical (unpaired) electrons. The molecule has 0 aliphatic rings. The molecular weight excluding hydrogens is 781 g/mol. The number of rotatable bonds is 7. The van der Waals surface area contributed by atoms with Crippen LogP contribution < -0.4 is 4.90 Å². The highest BCUT2D eigenvalue weighted by molar-refractivity contribution is 6.12. The Morgan fingerprint density at radius 1 is 0.297 bits per heavy atom. The molecule has 3 heterocycles. The summed E-state index contributed by atoms with van der Waals surface area (Å²) in [4.78, 5) is 2.34. The van der Waals surface area contributed by atoms with E-state index in [4.69, 9.17) is 8.83 Å². The number of fused-ring (bicyclic) bond motifs is 9. The van der Waals surface area contributed by atoms with Crippen LogP contribution in [0.2, 0.25) is 0 Å². The highest BCUT2D eigenvalue weighted by atomic mass is 16.3. The van der Waals surface area contributed by atoms with Gasteiger partial charge in [-0.25, -0.2) is 0 Å². The number of furan rings is 2. The zero-order valence-electron chi connectivity index (χ0n) is 34.7. The lowest BCUT2D eigenvalue weighted by atomic mass is 10.00. The van der Waals surface area contributed by atoms with Crippen LogP contribution in [0, 0.1) is 0 Å². The number of benzene rings is 10. The first kappa shape index (κ1) is 36.1. The second-order valence-corrected chi connectivity index (χ2v) is 16.5. The number of anilines is 3. The van der Waals surface area contributed by atoms with Gasteiger partial charge in [0.2, 0.25) is 0 Å². The minimum atomic E-state index is 0.884. The molecule has 64 heavy (non-hydrogen) atoms. The molecule has 0 N–H and O–H groups in total. The van der Waals surface area contributed by atoms with Crippen molar-refractivity contribution >= 4 is 82.7 Å². The first-order valence-corrected chi connectivity index (χ1v) is 21.7. The predicted molar refractivity (Wildman–Crippen MR) is 266 cm³/mol. The standard InChI is InChI=1S/C60H38N2O2/c1-2-12-40(13-3-1)47-17-11-20-53-54-38-42(28-37-58(54)64-60(47)53)39-24-29-43(30-25-39)61(44-31-26-41(27-32-44)48-18-10-19-52-51-16-6-9-23-57(51)63-59(48)52)45-33-35-46(36-34-45)62-55-21-7-4-14-49(55)50-15-5-8-22-56(50)62/h1-38H. The molecule has 4 heteroatoms. The zero-order valence-corrected chi connectivity index (χ0v) is 34.7. The minimum Gasteiger partial charge on any atom is -0.455 e. The van der Waals surface area contributed by atoms with Gasteiger partial charge in [0.05, 0.1) is 11.0 Å². The molecule has 0 aliphatic carbocycles. The number of nitrogens with zero attached hydrogens (tertiary/aromatic N) is 2. The van der Waals surface area contributed by atoms with E-state index in [0.717, 1.165) is 100 Å². The maximum atomic E-state index is 6.51. The fourth-order valence-corrected chi connectivity index (χ4v) is 9.79. The summed E-state index contributed by atoms with van der Waals surface area (Å²) in [7, 11) is 0. The smallest absolute Gasteiger partial charge is 0.143 e. The van der Waals surface area contributed by atoms with Gasteiger partial charge in [-0.2, -0.15) is 0 Å². The molecule has 4 nitrogen and oxygen atoms in total. The summed E-state index contributed by atoms with van der Waals surface area (Å²) in [6.45, 7) is 0. The molecule has 0 unspecified atom stereocenters. The molecule has 0 spiro atoms. The van der Waals surface area contributed by atoms with E-state index >= 15 is 0 Å².